The lowest BCUT2D eigenvalue weighted by Gasteiger charge is -2.00. The van der Waals surface area contributed by atoms with Gasteiger partial charge in [0.1, 0.15) is 0 Å². The molecule has 2 aromatic rings. The van der Waals surface area contributed by atoms with Crippen LogP contribution in [0.3, 0.4) is 0 Å². The van der Waals surface area contributed by atoms with Gasteiger partial charge in [-0.15, -0.1) is 0 Å². The Hall–Kier alpha value is -2.22. The number of para-hydroxylation sites is 1. The van der Waals surface area contributed by atoms with E-state index in [2.05, 4.69) is 28.2 Å². The highest BCUT2D eigenvalue weighted by Gasteiger charge is 2.03. The van der Waals surface area contributed by atoms with Crippen molar-refractivity contribution in [2.45, 2.75) is 0 Å². The highest BCUT2D eigenvalue weighted by atomic mass is 14.8. The Labute approximate surface area is 99.7 Å². The van der Waals surface area contributed by atoms with Crippen LogP contribution >= 0.6 is 0 Å². The summed E-state index contributed by atoms with van der Waals surface area (Å²) in [6, 6.07) is 18.4. The first-order valence-corrected chi connectivity index (χ1v) is 5.67. The average Bonchev–Trinajstić information content (AvgIpc) is 2.62. The van der Waals surface area contributed by atoms with E-state index in [9.17, 15) is 0 Å². The van der Waals surface area contributed by atoms with Gasteiger partial charge >= 0.3 is 0 Å². The molecule has 2 aromatic carbocycles. The lowest BCUT2D eigenvalue weighted by atomic mass is 10.1. The molecule has 17 heavy (non-hydrogen) atoms. The number of nitrogens with zero attached hydrogens (tertiary/aromatic N) is 2. The van der Waals surface area contributed by atoms with Crippen LogP contribution in [0.4, 0.5) is 0 Å². The second-order valence-corrected chi connectivity index (χ2v) is 3.88. The van der Waals surface area contributed by atoms with Crippen LogP contribution in [0.2, 0.25) is 0 Å². The van der Waals surface area contributed by atoms with Crippen LogP contribution in [0.5, 0.6) is 0 Å². The van der Waals surface area contributed by atoms with Crippen molar-refractivity contribution in [2.24, 2.45) is 9.98 Å². The second-order valence-electron chi connectivity index (χ2n) is 3.88. The van der Waals surface area contributed by atoms with Crippen LogP contribution in [-0.2, 0) is 0 Å². The van der Waals surface area contributed by atoms with E-state index in [1.54, 1.807) is 0 Å². The molecule has 0 radical (unpaired) electrons. The van der Waals surface area contributed by atoms with Crippen molar-refractivity contribution in [3.8, 4) is 0 Å². The Morgan fingerprint density at radius 2 is 1.59 bits per heavy atom. The number of hydrogen-bond donors (Lipinski definition) is 0. The molecule has 82 valence electrons. The molecule has 0 fully saturated rings. The molecule has 0 aromatic heterocycles. The summed E-state index contributed by atoms with van der Waals surface area (Å²) in [7, 11) is 0. The summed E-state index contributed by atoms with van der Waals surface area (Å²) in [6.07, 6.45) is 1.86. The van der Waals surface area contributed by atoms with Crippen molar-refractivity contribution in [1.82, 2.24) is 0 Å². The third-order valence-corrected chi connectivity index (χ3v) is 2.77. The molecule has 0 saturated heterocycles. The van der Waals surface area contributed by atoms with E-state index >= 15 is 0 Å². The van der Waals surface area contributed by atoms with E-state index in [4.69, 9.17) is 0 Å². The van der Waals surface area contributed by atoms with Crippen molar-refractivity contribution in [1.29, 1.82) is 0 Å². The van der Waals surface area contributed by atoms with Crippen LogP contribution in [0.25, 0.3) is 5.70 Å². The topological polar surface area (TPSA) is 24.7 Å². The molecule has 0 unspecified atom stereocenters. The first-order valence-electron chi connectivity index (χ1n) is 5.67. The Bertz CT molecular complexity index is 670. The number of rotatable bonds is 1. The van der Waals surface area contributed by atoms with Gasteiger partial charge in [-0.1, -0.05) is 48.5 Å². The Morgan fingerprint density at radius 1 is 0.824 bits per heavy atom. The monoisotopic (exact) mass is 220 g/mol. The van der Waals surface area contributed by atoms with Gasteiger partial charge in [-0.25, -0.2) is 0 Å². The van der Waals surface area contributed by atoms with Gasteiger partial charge in [0, 0.05) is 17.0 Å². The third kappa shape index (κ3) is 1.89. The van der Waals surface area contributed by atoms with Gasteiger partial charge in [-0.2, -0.15) is 0 Å². The maximum atomic E-state index is 4.53. The maximum absolute atomic E-state index is 4.53. The van der Waals surface area contributed by atoms with Crippen LogP contribution in [0.1, 0.15) is 5.56 Å². The zero-order valence-corrected chi connectivity index (χ0v) is 9.38. The number of aliphatic imine (C=N–C) groups is 1. The minimum atomic E-state index is 0.646. The van der Waals surface area contributed by atoms with Crippen LogP contribution in [0, 0.1) is 0 Å². The predicted molar refractivity (Wildman–Crippen MR) is 69.5 cm³/mol. The summed E-state index contributed by atoms with van der Waals surface area (Å²) in [5.74, 6) is 0. The van der Waals surface area contributed by atoms with Crippen LogP contribution < -0.4 is 10.6 Å². The van der Waals surface area contributed by atoms with Gasteiger partial charge in [-0.05, 0) is 6.07 Å². The van der Waals surface area contributed by atoms with E-state index in [0.29, 0.717) is 6.54 Å². The summed E-state index contributed by atoms with van der Waals surface area (Å²) < 4.78 is 0. The maximum Gasteiger partial charge on any atom is 0.0792 e. The average molecular weight is 220 g/mol. The molecule has 0 amide bonds. The number of benzene rings is 2. The van der Waals surface area contributed by atoms with E-state index < -0.39 is 0 Å². The minimum absolute atomic E-state index is 0.646. The fourth-order valence-electron chi connectivity index (χ4n) is 1.98. The van der Waals surface area contributed by atoms with Gasteiger partial charge in [0.15, 0.2) is 0 Å². The summed E-state index contributed by atoms with van der Waals surface area (Å²) >= 11 is 0. The normalized spacial score (nSPS) is 13.8. The standard InChI is InChI=1S/C15H12N2/c1-2-6-12(7-3-1)15-13-8-4-5-9-14(13)16-10-11-17-15/h1-9,11H,10H2. The molecule has 2 nitrogen and oxygen atoms in total. The quantitative estimate of drug-likeness (QED) is 0.696. The molecule has 0 bridgehead atoms. The Balaban J connectivity index is 2.38. The summed E-state index contributed by atoms with van der Waals surface area (Å²) in [5, 5.41) is 2.12. The van der Waals surface area contributed by atoms with E-state index in [0.717, 1.165) is 21.8 Å². The lowest BCUT2D eigenvalue weighted by molar-refractivity contribution is 1.19. The molecule has 2 heteroatoms. The zero-order valence-electron chi connectivity index (χ0n) is 9.38. The Morgan fingerprint density at radius 3 is 2.47 bits per heavy atom. The van der Waals surface area contributed by atoms with Gasteiger partial charge in [0.2, 0.25) is 0 Å². The van der Waals surface area contributed by atoms with E-state index in [1.165, 1.54) is 0 Å². The molecule has 0 atom stereocenters. The molecular weight excluding hydrogens is 208 g/mol. The summed E-state index contributed by atoms with van der Waals surface area (Å²) in [4.78, 5) is 9.03. The van der Waals surface area contributed by atoms with Crippen molar-refractivity contribution >= 4 is 11.9 Å². The molecule has 0 aliphatic carbocycles. The molecule has 1 aliphatic heterocycles. The third-order valence-electron chi connectivity index (χ3n) is 2.77. The Kier molecular flexibility index (Phi) is 2.54. The zero-order chi connectivity index (χ0) is 11.5. The van der Waals surface area contributed by atoms with Gasteiger partial charge in [0.25, 0.3) is 0 Å². The van der Waals surface area contributed by atoms with Crippen molar-refractivity contribution in [3.05, 3.63) is 70.7 Å². The lowest BCUT2D eigenvalue weighted by Crippen LogP contribution is -2.26. The molecule has 0 saturated carbocycles. The van der Waals surface area contributed by atoms with Gasteiger partial charge < -0.3 is 0 Å². The highest BCUT2D eigenvalue weighted by Crippen LogP contribution is 2.11. The number of fused-ring (bicyclic) bond motifs is 1. The molecule has 0 N–H and O–H groups in total. The minimum Gasteiger partial charge on any atom is -0.279 e. The van der Waals surface area contributed by atoms with Crippen LogP contribution in [0.15, 0.2) is 64.6 Å². The van der Waals surface area contributed by atoms with Gasteiger partial charge in [-0.3, -0.25) is 9.98 Å². The second kappa shape index (κ2) is 4.34. The predicted octanol–water partition coefficient (Wildman–Crippen LogP) is 1.55. The van der Waals surface area contributed by atoms with Gasteiger partial charge in [0.05, 0.1) is 17.6 Å². The SMILES string of the molecule is C1=NC(c2ccccc2)=c2ccccc2=NC1. The first-order chi connectivity index (χ1) is 8.45. The molecule has 1 aliphatic rings. The van der Waals surface area contributed by atoms with Crippen molar-refractivity contribution in [2.75, 3.05) is 6.54 Å². The number of hydrogen-bond acceptors (Lipinski definition) is 2. The highest BCUT2D eigenvalue weighted by molar-refractivity contribution is 5.75. The molecule has 1 heterocycles. The summed E-state index contributed by atoms with van der Waals surface area (Å²) in [6.45, 7) is 0.646. The van der Waals surface area contributed by atoms with E-state index in [1.807, 2.05) is 42.6 Å². The molecule has 3 rings (SSSR count). The van der Waals surface area contributed by atoms with E-state index in [-0.39, 0.29) is 0 Å². The fraction of sp³-hybridized carbons (Fsp3) is 0.0667. The summed E-state index contributed by atoms with van der Waals surface area (Å²) in [5.41, 5.74) is 2.13. The smallest absolute Gasteiger partial charge is 0.0792 e. The first kappa shape index (κ1) is 9.97. The molecule has 0 spiro atoms. The van der Waals surface area contributed by atoms with Crippen molar-refractivity contribution < 1.29 is 0 Å². The van der Waals surface area contributed by atoms with Crippen LogP contribution in [-0.4, -0.2) is 12.8 Å². The van der Waals surface area contributed by atoms with Crippen molar-refractivity contribution in [3.63, 3.8) is 0 Å². The fourth-order valence-corrected chi connectivity index (χ4v) is 1.98. The molecular formula is C15H12N2. The largest absolute Gasteiger partial charge is 0.279 e.